The van der Waals surface area contributed by atoms with Crippen LogP contribution in [0.15, 0.2) is 104 Å². The van der Waals surface area contributed by atoms with Gasteiger partial charge in [0.2, 0.25) is 5.82 Å². The Morgan fingerprint density at radius 3 is 2.65 bits per heavy atom. The molecular formula is C38H30BrN5O3S. The van der Waals surface area contributed by atoms with E-state index >= 15 is 0 Å². The highest BCUT2D eigenvalue weighted by Gasteiger charge is 2.28. The number of nitrogens with one attached hydrogen (secondary N) is 1. The van der Waals surface area contributed by atoms with Gasteiger partial charge in [-0.05, 0) is 99.7 Å². The van der Waals surface area contributed by atoms with Crippen LogP contribution in [0.2, 0.25) is 0 Å². The number of fused-ring (bicyclic) bond motifs is 3. The molecule has 0 saturated heterocycles. The van der Waals surface area contributed by atoms with Crippen molar-refractivity contribution in [2.24, 2.45) is 5.10 Å². The molecule has 8 nitrogen and oxygen atoms in total. The molecule has 10 heteroatoms. The second-order valence-corrected chi connectivity index (χ2v) is 14.0. The molecule has 1 aliphatic rings. The molecule has 0 aliphatic heterocycles. The third kappa shape index (κ3) is 5.31. The van der Waals surface area contributed by atoms with Crippen LogP contribution >= 0.6 is 27.3 Å². The minimum atomic E-state index is -0.298. The summed E-state index contributed by atoms with van der Waals surface area (Å²) in [5.74, 6) is 0.642. The largest absolute Gasteiger partial charge is 0.453 e. The number of furan rings is 1. The van der Waals surface area contributed by atoms with Crippen LogP contribution in [-0.2, 0) is 12.8 Å². The fraction of sp³-hybridized carbons (Fsp3) is 0.158. The number of aromatic nitrogens is 3. The van der Waals surface area contributed by atoms with Crippen LogP contribution in [0.1, 0.15) is 50.6 Å². The van der Waals surface area contributed by atoms with E-state index in [2.05, 4.69) is 25.8 Å². The lowest BCUT2D eigenvalue weighted by Crippen LogP contribution is -2.20. The van der Waals surface area contributed by atoms with Gasteiger partial charge >= 0.3 is 0 Å². The predicted octanol–water partition coefficient (Wildman–Crippen LogP) is 9.05. The smallest absolute Gasteiger partial charge is 0.282 e. The van der Waals surface area contributed by atoms with Crippen LogP contribution in [-0.4, -0.2) is 26.3 Å². The van der Waals surface area contributed by atoms with E-state index in [1.807, 2.05) is 92.7 Å². The van der Waals surface area contributed by atoms with Crippen molar-refractivity contribution in [3.05, 3.63) is 133 Å². The number of thiophene rings is 1. The Morgan fingerprint density at radius 2 is 1.79 bits per heavy atom. The molecule has 1 amide bonds. The normalized spacial score (nSPS) is 13.1. The fourth-order valence-electron chi connectivity index (χ4n) is 6.52. The Bertz CT molecular complexity index is 2470. The predicted molar refractivity (Wildman–Crippen MR) is 196 cm³/mol. The summed E-state index contributed by atoms with van der Waals surface area (Å²) in [6.45, 7) is 4.05. The molecule has 0 bridgehead atoms. The van der Waals surface area contributed by atoms with Gasteiger partial charge < -0.3 is 14.3 Å². The first kappa shape index (κ1) is 30.3. The van der Waals surface area contributed by atoms with Crippen LogP contribution < -0.4 is 10.9 Å². The molecule has 0 spiro atoms. The van der Waals surface area contributed by atoms with Crippen molar-refractivity contribution >= 4 is 66.9 Å². The van der Waals surface area contributed by atoms with Crippen LogP contribution in [0.5, 0.6) is 0 Å². The highest BCUT2D eigenvalue weighted by molar-refractivity contribution is 9.10. The molecule has 7 aromatic rings. The molecule has 4 heterocycles. The molecule has 0 unspecified atom stereocenters. The van der Waals surface area contributed by atoms with Gasteiger partial charge in [0, 0.05) is 37.4 Å². The van der Waals surface area contributed by atoms with E-state index < -0.39 is 0 Å². The van der Waals surface area contributed by atoms with Crippen molar-refractivity contribution in [3.8, 4) is 16.6 Å². The lowest BCUT2D eigenvalue weighted by Gasteiger charge is -2.14. The number of hydrogen-bond donors (Lipinski definition) is 1. The number of para-hydroxylation sites is 2. The van der Waals surface area contributed by atoms with Crippen LogP contribution in [0.3, 0.4) is 0 Å². The molecule has 0 saturated carbocycles. The van der Waals surface area contributed by atoms with Crippen molar-refractivity contribution in [3.63, 3.8) is 0 Å². The monoisotopic (exact) mass is 715 g/mol. The average molecular weight is 717 g/mol. The number of rotatable bonds is 6. The molecule has 1 aliphatic carbocycles. The summed E-state index contributed by atoms with van der Waals surface area (Å²) in [7, 11) is 0. The van der Waals surface area contributed by atoms with E-state index in [1.54, 1.807) is 23.6 Å². The lowest BCUT2D eigenvalue weighted by molar-refractivity contribution is 0.102. The second kappa shape index (κ2) is 12.2. The SMILES string of the molecule is Cc1cc(C=Nn2c(-c3cc4cc(Br)ccc4o3)nc3ccccc3c2=O)c(C)n1-c1sc2c(c1C(=O)Nc1ccccc1)CCCC2. The molecule has 3 aromatic carbocycles. The maximum Gasteiger partial charge on any atom is 0.282 e. The van der Waals surface area contributed by atoms with Crippen molar-refractivity contribution in [2.75, 3.05) is 5.32 Å². The van der Waals surface area contributed by atoms with E-state index in [0.29, 0.717) is 28.1 Å². The summed E-state index contributed by atoms with van der Waals surface area (Å²) in [5, 5.41) is 10.1. The molecule has 0 atom stereocenters. The van der Waals surface area contributed by atoms with Gasteiger partial charge in [-0.2, -0.15) is 9.78 Å². The third-order valence-corrected chi connectivity index (χ3v) is 10.6. The Labute approximate surface area is 288 Å². The number of halogens is 1. The first-order chi connectivity index (χ1) is 23.4. The van der Waals surface area contributed by atoms with E-state index in [1.165, 1.54) is 9.55 Å². The summed E-state index contributed by atoms with van der Waals surface area (Å²) in [6, 6.07) is 26.5. The quantitative estimate of drug-likeness (QED) is 0.174. The Morgan fingerprint density at radius 1 is 1.00 bits per heavy atom. The summed E-state index contributed by atoms with van der Waals surface area (Å²) in [6.07, 6.45) is 5.73. The topological polar surface area (TPSA) is 94.4 Å². The van der Waals surface area contributed by atoms with Crippen LogP contribution in [0.25, 0.3) is 38.5 Å². The fourth-order valence-corrected chi connectivity index (χ4v) is 8.40. The minimum absolute atomic E-state index is 0.102. The van der Waals surface area contributed by atoms with Gasteiger partial charge in [0.25, 0.3) is 11.5 Å². The van der Waals surface area contributed by atoms with E-state index in [0.717, 1.165) is 74.3 Å². The number of carbonyl (C=O) groups excluding carboxylic acids is 1. The standard InChI is InChI=1S/C38H30BrN5O3S/c1-22-18-25(23(2)43(22)38-34(29-13-7-9-15-33(29)48-38)36(45)41-27-10-4-3-5-11-27)21-40-44-35(42-30-14-8-6-12-28(30)37(44)46)32-20-24-19-26(39)16-17-31(24)47-32/h3-6,8,10-12,14,16-21H,7,9,13,15H2,1-2H3,(H,41,45). The maximum absolute atomic E-state index is 13.9. The zero-order chi connectivity index (χ0) is 32.9. The van der Waals surface area contributed by atoms with Gasteiger partial charge in [-0.15, -0.1) is 11.3 Å². The van der Waals surface area contributed by atoms with Gasteiger partial charge in [0.1, 0.15) is 10.6 Å². The first-order valence-corrected chi connectivity index (χ1v) is 17.4. The molecular weight excluding hydrogens is 686 g/mol. The molecule has 1 N–H and O–H groups in total. The van der Waals surface area contributed by atoms with Crippen molar-refractivity contribution < 1.29 is 9.21 Å². The zero-order valence-electron chi connectivity index (χ0n) is 26.3. The summed E-state index contributed by atoms with van der Waals surface area (Å²) in [5.41, 5.74) is 6.30. The molecule has 4 aromatic heterocycles. The zero-order valence-corrected chi connectivity index (χ0v) is 28.7. The number of nitrogens with zero attached hydrogens (tertiary/aromatic N) is 4. The number of benzene rings is 3. The third-order valence-electron chi connectivity index (χ3n) is 8.85. The summed E-state index contributed by atoms with van der Waals surface area (Å²) < 4.78 is 10.5. The van der Waals surface area contributed by atoms with Gasteiger partial charge in [-0.1, -0.05) is 46.3 Å². The summed E-state index contributed by atoms with van der Waals surface area (Å²) in [4.78, 5) is 33.9. The van der Waals surface area contributed by atoms with Crippen molar-refractivity contribution in [1.82, 2.24) is 14.2 Å². The molecule has 8 rings (SSSR count). The van der Waals surface area contributed by atoms with Gasteiger partial charge in [0.05, 0.1) is 22.7 Å². The number of aryl methyl sites for hydroxylation is 2. The maximum atomic E-state index is 13.9. The summed E-state index contributed by atoms with van der Waals surface area (Å²) >= 11 is 5.22. The second-order valence-electron chi connectivity index (χ2n) is 12.0. The number of amides is 1. The van der Waals surface area contributed by atoms with Gasteiger partial charge in [0.15, 0.2) is 5.76 Å². The van der Waals surface area contributed by atoms with E-state index in [9.17, 15) is 9.59 Å². The number of hydrogen-bond acceptors (Lipinski definition) is 6. The highest BCUT2D eigenvalue weighted by atomic mass is 79.9. The Balaban J connectivity index is 1.23. The Kier molecular flexibility index (Phi) is 7.69. The molecule has 0 radical (unpaired) electrons. The van der Waals surface area contributed by atoms with Crippen LogP contribution in [0, 0.1) is 13.8 Å². The van der Waals surface area contributed by atoms with Gasteiger partial charge in [-0.3, -0.25) is 9.59 Å². The molecule has 238 valence electrons. The van der Waals surface area contributed by atoms with Gasteiger partial charge in [-0.25, -0.2) is 4.98 Å². The minimum Gasteiger partial charge on any atom is -0.453 e. The van der Waals surface area contributed by atoms with E-state index in [-0.39, 0.29) is 11.5 Å². The van der Waals surface area contributed by atoms with E-state index in [4.69, 9.17) is 14.5 Å². The Hall–Kier alpha value is -5.06. The first-order valence-electron chi connectivity index (χ1n) is 15.8. The van der Waals surface area contributed by atoms with Crippen molar-refractivity contribution in [1.29, 1.82) is 0 Å². The number of anilines is 1. The molecule has 48 heavy (non-hydrogen) atoms. The number of carbonyl (C=O) groups is 1. The molecule has 0 fully saturated rings. The highest BCUT2D eigenvalue weighted by Crippen LogP contribution is 2.39. The van der Waals surface area contributed by atoms with Crippen LogP contribution in [0.4, 0.5) is 5.69 Å². The van der Waals surface area contributed by atoms with Crippen molar-refractivity contribution in [2.45, 2.75) is 39.5 Å². The lowest BCUT2D eigenvalue weighted by atomic mass is 9.95. The average Bonchev–Trinajstić information content (AvgIpc) is 3.76.